The molecule has 3 rings (SSSR count). The molecular weight excluding hydrogens is 455 g/mol. The van der Waals surface area contributed by atoms with Crippen LogP contribution < -0.4 is 5.43 Å². The molecule has 0 spiro atoms. The lowest BCUT2D eigenvalue weighted by Crippen LogP contribution is -2.06. The second kappa shape index (κ2) is 9.60. The molecule has 1 aromatic heterocycles. The highest BCUT2D eigenvalue weighted by atomic mass is 127. The molecule has 0 aliphatic carbocycles. The zero-order valence-corrected chi connectivity index (χ0v) is 17.9. The van der Waals surface area contributed by atoms with Crippen LogP contribution in [0.2, 0.25) is 0 Å². The van der Waals surface area contributed by atoms with E-state index in [1.807, 2.05) is 31.2 Å². The number of aryl methyl sites for hydroxylation is 2. The highest BCUT2D eigenvalue weighted by Crippen LogP contribution is 2.25. The van der Waals surface area contributed by atoms with Crippen LogP contribution >= 0.6 is 34.4 Å². The summed E-state index contributed by atoms with van der Waals surface area (Å²) in [6.07, 6.45) is 4.51. The van der Waals surface area contributed by atoms with E-state index in [2.05, 4.69) is 46.9 Å². The average molecular weight is 478 g/mol. The van der Waals surface area contributed by atoms with Gasteiger partial charge in [-0.05, 0) is 55.9 Å². The third kappa shape index (κ3) is 4.92. The molecule has 1 heterocycles. The van der Waals surface area contributed by atoms with Gasteiger partial charge in [-0.2, -0.15) is 0 Å². The van der Waals surface area contributed by atoms with Gasteiger partial charge < -0.3 is 4.42 Å². The summed E-state index contributed by atoms with van der Waals surface area (Å²) in [6, 6.07) is 16.5. The maximum absolute atomic E-state index is 12.4. The fraction of sp³-hybridized carbons (Fsp3) is 0.318. The van der Waals surface area contributed by atoms with Crippen LogP contribution in [0.4, 0.5) is 0 Å². The van der Waals surface area contributed by atoms with Crippen LogP contribution in [-0.2, 0) is 12.8 Å². The van der Waals surface area contributed by atoms with Gasteiger partial charge in [0.2, 0.25) is 0 Å². The smallest absolute Gasteiger partial charge is 0.196 e. The van der Waals surface area contributed by atoms with Crippen molar-refractivity contribution in [2.24, 2.45) is 0 Å². The van der Waals surface area contributed by atoms with E-state index >= 15 is 0 Å². The van der Waals surface area contributed by atoms with Crippen LogP contribution in [0.15, 0.2) is 62.8 Å². The molecule has 0 saturated carbocycles. The molecule has 26 heavy (non-hydrogen) atoms. The van der Waals surface area contributed by atoms with Gasteiger partial charge in [-0.3, -0.25) is 4.79 Å². The third-order valence-electron chi connectivity index (χ3n) is 4.48. The minimum Gasteiger partial charge on any atom is -0.449 e. The van der Waals surface area contributed by atoms with E-state index < -0.39 is 0 Å². The van der Waals surface area contributed by atoms with Crippen LogP contribution in [0, 0.1) is 6.92 Å². The molecule has 0 fully saturated rings. The summed E-state index contributed by atoms with van der Waals surface area (Å²) in [6.45, 7) is 1.86. The van der Waals surface area contributed by atoms with E-state index in [-0.39, 0.29) is 5.43 Å². The van der Waals surface area contributed by atoms with E-state index in [1.54, 1.807) is 11.8 Å². The number of para-hydroxylation sites is 1. The molecule has 0 bridgehead atoms. The van der Waals surface area contributed by atoms with Gasteiger partial charge in [0, 0.05) is 15.7 Å². The topological polar surface area (TPSA) is 30.2 Å². The Bertz CT molecular complexity index is 916. The Kier molecular flexibility index (Phi) is 7.20. The first kappa shape index (κ1) is 19.5. The highest BCUT2D eigenvalue weighted by molar-refractivity contribution is 14.1. The van der Waals surface area contributed by atoms with Crippen LogP contribution in [0.25, 0.3) is 11.0 Å². The number of halogens is 1. The Labute approximate surface area is 172 Å². The lowest BCUT2D eigenvalue weighted by atomic mass is 10.1. The van der Waals surface area contributed by atoms with Crippen molar-refractivity contribution in [2.75, 3.05) is 10.2 Å². The number of fused-ring (bicyclic) bond motifs is 1. The van der Waals surface area contributed by atoms with E-state index in [4.69, 9.17) is 4.42 Å². The van der Waals surface area contributed by atoms with Gasteiger partial charge in [-0.25, -0.2) is 0 Å². The lowest BCUT2D eigenvalue weighted by molar-refractivity contribution is 0.492. The molecule has 0 aliphatic rings. The van der Waals surface area contributed by atoms with Crippen molar-refractivity contribution in [1.82, 2.24) is 0 Å². The van der Waals surface area contributed by atoms with Crippen molar-refractivity contribution >= 4 is 45.3 Å². The molecule has 2 aromatic carbocycles. The van der Waals surface area contributed by atoms with Gasteiger partial charge in [0.1, 0.15) is 5.58 Å². The quantitative estimate of drug-likeness (QED) is 0.167. The molecule has 136 valence electrons. The van der Waals surface area contributed by atoms with Crippen molar-refractivity contribution in [3.63, 3.8) is 0 Å². The standard InChI is InChI=1S/C22H23IO2S/c1-16-21(24)19-7-2-3-8-20(19)25-22(16)26-15-5-4-6-17-9-11-18(12-10-17)13-14-23/h2-3,7-12H,4-6,13-15H2,1H3. The first-order valence-corrected chi connectivity index (χ1v) is 11.5. The van der Waals surface area contributed by atoms with Gasteiger partial charge in [0.05, 0.1) is 5.39 Å². The second-order valence-electron chi connectivity index (χ2n) is 6.40. The van der Waals surface area contributed by atoms with E-state index in [0.29, 0.717) is 11.0 Å². The predicted octanol–water partition coefficient (Wildman–Crippen LogP) is 6.19. The van der Waals surface area contributed by atoms with Crippen LogP contribution in [0.5, 0.6) is 0 Å². The van der Waals surface area contributed by atoms with Gasteiger partial charge in [-0.1, -0.05) is 70.8 Å². The lowest BCUT2D eigenvalue weighted by Gasteiger charge is -2.07. The predicted molar refractivity (Wildman–Crippen MR) is 120 cm³/mol. The van der Waals surface area contributed by atoms with Crippen LogP contribution in [0.3, 0.4) is 0 Å². The Morgan fingerprint density at radius 1 is 0.962 bits per heavy atom. The first-order valence-electron chi connectivity index (χ1n) is 8.98. The van der Waals surface area contributed by atoms with E-state index in [9.17, 15) is 4.79 Å². The SMILES string of the molecule is Cc1c(SCCCCc2ccc(CCI)cc2)oc2ccccc2c1=O. The molecule has 0 amide bonds. The molecule has 4 heteroatoms. The van der Waals surface area contributed by atoms with Crippen molar-refractivity contribution in [3.05, 3.63) is 75.4 Å². The summed E-state index contributed by atoms with van der Waals surface area (Å²) in [5.74, 6) is 0.967. The Balaban J connectivity index is 1.51. The highest BCUT2D eigenvalue weighted by Gasteiger charge is 2.10. The van der Waals surface area contributed by atoms with Crippen LogP contribution in [0.1, 0.15) is 29.5 Å². The number of hydrogen-bond acceptors (Lipinski definition) is 3. The van der Waals surface area contributed by atoms with Gasteiger partial charge in [-0.15, -0.1) is 0 Å². The number of benzene rings is 2. The monoisotopic (exact) mass is 478 g/mol. The van der Waals surface area contributed by atoms with Gasteiger partial charge in [0.25, 0.3) is 0 Å². The number of hydrogen-bond donors (Lipinski definition) is 0. The summed E-state index contributed by atoms with van der Waals surface area (Å²) in [4.78, 5) is 12.4. The summed E-state index contributed by atoms with van der Waals surface area (Å²) < 4.78 is 7.10. The normalized spacial score (nSPS) is 11.2. The molecule has 0 N–H and O–H groups in total. The molecular formula is C22H23IO2S. The van der Waals surface area contributed by atoms with Gasteiger partial charge in [0.15, 0.2) is 10.5 Å². The Morgan fingerprint density at radius 3 is 2.38 bits per heavy atom. The summed E-state index contributed by atoms with van der Waals surface area (Å²) in [7, 11) is 0. The Morgan fingerprint density at radius 2 is 1.65 bits per heavy atom. The molecule has 0 atom stereocenters. The summed E-state index contributed by atoms with van der Waals surface area (Å²) in [5, 5.41) is 1.43. The summed E-state index contributed by atoms with van der Waals surface area (Å²) in [5.41, 5.74) is 4.30. The molecule has 3 aromatic rings. The minimum atomic E-state index is 0.0842. The molecule has 0 saturated heterocycles. The number of unbranched alkanes of at least 4 members (excludes halogenated alkanes) is 1. The number of thioether (sulfide) groups is 1. The maximum Gasteiger partial charge on any atom is 0.196 e. The van der Waals surface area contributed by atoms with Crippen LogP contribution in [-0.4, -0.2) is 10.2 Å². The fourth-order valence-corrected chi connectivity index (χ4v) is 4.54. The first-order chi connectivity index (χ1) is 12.7. The average Bonchev–Trinajstić information content (AvgIpc) is 2.67. The molecule has 0 radical (unpaired) electrons. The molecule has 0 aliphatic heterocycles. The minimum absolute atomic E-state index is 0.0842. The van der Waals surface area contributed by atoms with E-state index in [0.717, 1.165) is 42.1 Å². The maximum atomic E-state index is 12.4. The number of rotatable bonds is 8. The Hall–Kier alpha value is -1.27. The second-order valence-corrected chi connectivity index (χ2v) is 8.55. The van der Waals surface area contributed by atoms with Crippen molar-refractivity contribution in [2.45, 2.75) is 37.7 Å². The molecule has 0 unspecified atom stereocenters. The zero-order chi connectivity index (χ0) is 18.4. The van der Waals surface area contributed by atoms with Gasteiger partial charge >= 0.3 is 0 Å². The zero-order valence-electron chi connectivity index (χ0n) is 15.0. The molecule has 2 nitrogen and oxygen atoms in total. The van der Waals surface area contributed by atoms with Crippen molar-refractivity contribution in [3.8, 4) is 0 Å². The largest absolute Gasteiger partial charge is 0.449 e. The number of alkyl halides is 1. The van der Waals surface area contributed by atoms with Crippen molar-refractivity contribution in [1.29, 1.82) is 0 Å². The van der Waals surface area contributed by atoms with Crippen molar-refractivity contribution < 1.29 is 4.42 Å². The van der Waals surface area contributed by atoms with E-state index in [1.165, 1.54) is 15.6 Å². The fourth-order valence-electron chi connectivity index (χ4n) is 2.93. The summed E-state index contributed by atoms with van der Waals surface area (Å²) >= 11 is 4.07. The third-order valence-corrected chi connectivity index (χ3v) is 6.16.